The van der Waals surface area contributed by atoms with Crippen molar-refractivity contribution >= 4 is 38.2 Å². The van der Waals surface area contributed by atoms with Crippen LogP contribution >= 0.6 is 0 Å². The number of fused-ring (bicyclic) bond motifs is 1. The number of hydrogen-bond acceptors (Lipinski definition) is 5. The quantitative estimate of drug-likeness (QED) is 0.323. The molecule has 0 bridgehead atoms. The van der Waals surface area contributed by atoms with Crippen LogP contribution in [-0.2, 0) is 10.1 Å². The molecule has 1 amide bonds. The average Bonchev–Trinajstić information content (AvgIpc) is 2.56. The second-order valence-electron chi connectivity index (χ2n) is 5.37. The van der Waals surface area contributed by atoms with Gasteiger partial charge in [-0.3, -0.25) is 9.35 Å². The van der Waals surface area contributed by atoms with Gasteiger partial charge in [0.25, 0.3) is 16.0 Å². The smallest absolute Gasteiger partial charge is 0.298 e. The zero-order valence-corrected chi connectivity index (χ0v) is 13.6. The van der Waals surface area contributed by atoms with Gasteiger partial charge in [-0.1, -0.05) is 24.3 Å². The molecule has 25 heavy (non-hydrogen) atoms. The predicted molar refractivity (Wildman–Crippen MR) is 94.2 cm³/mol. The molecule has 3 rings (SSSR count). The van der Waals surface area contributed by atoms with E-state index in [9.17, 15) is 22.9 Å². The Bertz CT molecular complexity index is 1080. The standard InChI is InChI=1S/C17H14N2O5S/c18-12-7-5-10(6-8-12)17(21)19-15-13-4-2-1-3-11(13)9-14(16(15)20)25(22,23)24/h1-9,20H,18H2,(H,19,21)(H,22,23,24). The number of rotatable bonds is 3. The highest BCUT2D eigenvalue weighted by Crippen LogP contribution is 2.38. The van der Waals surface area contributed by atoms with Crippen LogP contribution in [0, 0.1) is 0 Å². The fraction of sp³-hybridized carbons (Fsp3) is 0. The third kappa shape index (κ3) is 3.25. The van der Waals surface area contributed by atoms with Gasteiger partial charge in [0.2, 0.25) is 0 Å². The van der Waals surface area contributed by atoms with E-state index in [4.69, 9.17) is 5.73 Å². The van der Waals surface area contributed by atoms with E-state index in [0.717, 1.165) is 6.07 Å². The van der Waals surface area contributed by atoms with Gasteiger partial charge in [-0.05, 0) is 35.7 Å². The van der Waals surface area contributed by atoms with Crippen molar-refractivity contribution in [3.8, 4) is 5.75 Å². The summed E-state index contributed by atoms with van der Waals surface area (Å²) in [7, 11) is -4.67. The van der Waals surface area contributed by atoms with Crippen LogP contribution in [0.1, 0.15) is 10.4 Å². The molecule has 0 aromatic heterocycles. The van der Waals surface area contributed by atoms with Gasteiger partial charge in [-0.15, -0.1) is 0 Å². The lowest BCUT2D eigenvalue weighted by atomic mass is 10.1. The lowest BCUT2D eigenvalue weighted by Gasteiger charge is -2.13. The number of nitrogen functional groups attached to an aromatic ring is 1. The van der Waals surface area contributed by atoms with Crippen LogP contribution in [0.2, 0.25) is 0 Å². The van der Waals surface area contributed by atoms with Crippen molar-refractivity contribution < 1.29 is 22.9 Å². The molecule has 0 saturated carbocycles. The number of aromatic hydroxyl groups is 1. The molecule has 8 heteroatoms. The highest BCUT2D eigenvalue weighted by atomic mass is 32.2. The molecule has 0 heterocycles. The van der Waals surface area contributed by atoms with E-state index in [0.29, 0.717) is 16.5 Å². The van der Waals surface area contributed by atoms with Crippen molar-refractivity contribution in [2.45, 2.75) is 4.90 Å². The topological polar surface area (TPSA) is 130 Å². The zero-order valence-electron chi connectivity index (χ0n) is 12.8. The lowest BCUT2D eigenvalue weighted by Crippen LogP contribution is -2.13. The molecular weight excluding hydrogens is 344 g/mol. The first-order valence-corrected chi connectivity index (χ1v) is 8.60. The molecule has 5 N–H and O–H groups in total. The van der Waals surface area contributed by atoms with Gasteiger partial charge < -0.3 is 16.2 Å². The second-order valence-corrected chi connectivity index (χ2v) is 6.76. The molecule has 0 aliphatic heterocycles. The molecule has 0 fully saturated rings. The Balaban J connectivity index is 2.15. The Kier molecular flexibility index (Phi) is 4.07. The van der Waals surface area contributed by atoms with Gasteiger partial charge in [0.1, 0.15) is 4.90 Å². The summed E-state index contributed by atoms with van der Waals surface area (Å²) in [5.74, 6) is -1.29. The first-order chi connectivity index (χ1) is 11.8. The van der Waals surface area contributed by atoms with E-state index in [-0.39, 0.29) is 11.3 Å². The Labute approximate surface area is 143 Å². The number of phenols is 1. The highest BCUT2D eigenvalue weighted by Gasteiger charge is 2.22. The molecule has 0 unspecified atom stereocenters. The van der Waals surface area contributed by atoms with Gasteiger partial charge >= 0.3 is 0 Å². The minimum absolute atomic E-state index is 0.104. The number of benzene rings is 3. The molecule has 0 aliphatic rings. The van der Waals surface area contributed by atoms with Crippen LogP contribution in [0.3, 0.4) is 0 Å². The van der Waals surface area contributed by atoms with E-state index in [2.05, 4.69) is 5.32 Å². The molecule has 3 aromatic rings. The van der Waals surface area contributed by atoms with Gasteiger partial charge in [-0.2, -0.15) is 8.42 Å². The van der Waals surface area contributed by atoms with Crippen LogP contribution in [-0.4, -0.2) is 24.0 Å². The Hall–Kier alpha value is -3.10. The van der Waals surface area contributed by atoms with Crippen LogP contribution in [0.5, 0.6) is 5.75 Å². The molecule has 128 valence electrons. The Morgan fingerprint density at radius 3 is 2.32 bits per heavy atom. The zero-order chi connectivity index (χ0) is 18.2. The predicted octanol–water partition coefficient (Wildman–Crippen LogP) is 2.63. The fourth-order valence-corrected chi connectivity index (χ4v) is 3.08. The van der Waals surface area contributed by atoms with Crippen molar-refractivity contribution in [1.82, 2.24) is 0 Å². The van der Waals surface area contributed by atoms with Gasteiger partial charge in [0, 0.05) is 16.6 Å². The molecule has 7 nitrogen and oxygen atoms in total. The average molecular weight is 358 g/mol. The van der Waals surface area contributed by atoms with Crippen molar-refractivity contribution in [2.75, 3.05) is 11.1 Å². The maximum Gasteiger partial charge on any atom is 0.298 e. The molecule has 0 atom stereocenters. The molecule has 0 spiro atoms. The number of nitrogens with two attached hydrogens (primary N) is 1. The summed E-state index contributed by atoms with van der Waals surface area (Å²) < 4.78 is 32.3. The number of anilines is 2. The highest BCUT2D eigenvalue weighted by molar-refractivity contribution is 7.86. The maximum atomic E-state index is 12.4. The molecular formula is C17H14N2O5S. The third-order valence-electron chi connectivity index (χ3n) is 3.68. The molecule has 0 radical (unpaired) electrons. The van der Waals surface area contributed by atoms with Crippen LogP contribution < -0.4 is 11.1 Å². The van der Waals surface area contributed by atoms with E-state index >= 15 is 0 Å². The van der Waals surface area contributed by atoms with Crippen LogP contribution in [0.25, 0.3) is 10.8 Å². The third-order valence-corrected chi connectivity index (χ3v) is 4.54. The summed E-state index contributed by atoms with van der Waals surface area (Å²) in [5.41, 5.74) is 6.23. The first-order valence-electron chi connectivity index (χ1n) is 7.16. The van der Waals surface area contributed by atoms with Crippen molar-refractivity contribution in [3.63, 3.8) is 0 Å². The minimum atomic E-state index is -4.67. The normalized spacial score (nSPS) is 11.4. The number of nitrogens with one attached hydrogen (secondary N) is 1. The lowest BCUT2D eigenvalue weighted by molar-refractivity contribution is 0.102. The van der Waals surface area contributed by atoms with E-state index in [1.807, 2.05) is 0 Å². The summed E-state index contributed by atoms with van der Waals surface area (Å²) in [6.07, 6.45) is 0. The van der Waals surface area contributed by atoms with E-state index in [1.54, 1.807) is 36.4 Å². The fourth-order valence-electron chi connectivity index (χ4n) is 2.45. The molecule has 0 aliphatic carbocycles. The number of phenolic OH excluding ortho intramolecular Hbond substituents is 1. The summed E-state index contributed by atoms with van der Waals surface area (Å²) in [6, 6.07) is 13.8. The van der Waals surface area contributed by atoms with E-state index < -0.39 is 26.7 Å². The largest absolute Gasteiger partial charge is 0.504 e. The second kappa shape index (κ2) is 6.08. The maximum absolute atomic E-state index is 12.4. The monoisotopic (exact) mass is 358 g/mol. The summed E-state index contributed by atoms with van der Waals surface area (Å²) >= 11 is 0. The van der Waals surface area contributed by atoms with Crippen molar-refractivity contribution in [1.29, 1.82) is 0 Å². The number of amides is 1. The number of carbonyl (C=O) groups is 1. The summed E-state index contributed by atoms with van der Waals surface area (Å²) in [6.45, 7) is 0. The van der Waals surface area contributed by atoms with Crippen LogP contribution in [0.4, 0.5) is 11.4 Å². The minimum Gasteiger partial charge on any atom is -0.504 e. The van der Waals surface area contributed by atoms with Gasteiger partial charge in [0.05, 0.1) is 5.69 Å². The van der Waals surface area contributed by atoms with Crippen LogP contribution in [0.15, 0.2) is 59.5 Å². The Morgan fingerprint density at radius 1 is 1.04 bits per heavy atom. The number of carbonyl (C=O) groups excluding carboxylic acids is 1. The van der Waals surface area contributed by atoms with Gasteiger partial charge in [0.15, 0.2) is 5.75 Å². The van der Waals surface area contributed by atoms with Gasteiger partial charge in [-0.25, -0.2) is 0 Å². The first kappa shape index (κ1) is 16.7. The van der Waals surface area contributed by atoms with Crippen molar-refractivity contribution in [3.05, 3.63) is 60.2 Å². The Morgan fingerprint density at radius 2 is 1.68 bits per heavy atom. The van der Waals surface area contributed by atoms with Crippen molar-refractivity contribution in [2.24, 2.45) is 0 Å². The SMILES string of the molecule is Nc1ccc(C(=O)Nc2c(O)c(S(=O)(=O)O)cc3ccccc23)cc1. The number of hydrogen-bond donors (Lipinski definition) is 4. The summed E-state index contributed by atoms with van der Waals surface area (Å²) in [5, 5.41) is 13.6. The molecule has 0 saturated heterocycles. The van der Waals surface area contributed by atoms with E-state index in [1.165, 1.54) is 12.1 Å². The summed E-state index contributed by atoms with van der Waals surface area (Å²) in [4.78, 5) is 11.7. The molecule has 3 aromatic carbocycles.